The second kappa shape index (κ2) is 7.14. The van der Waals surface area contributed by atoms with Crippen molar-refractivity contribution < 1.29 is 13.6 Å². The monoisotopic (exact) mass is 347 g/mol. The molecule has 3 rings (SSSR count). The van der Waals surface area contributed by atoms with Crippen LogP contribution in [0.15, 0.2) is 41.3 Å². The number of nitrogens with zero attached hydrogens (tertiary/aromatic N) is 3. The Labute approximate surface area is 144 Å². The molecule has 0 N–H and O–H groups in total. The number of aromatic nitrogens is 1. The van der Waals surface area contributed by atoms with Crippen molar-refractivity contribution in [1.29, 1.82) is 0 Å². The average molecular weight is 347 g/mol. The van der Waals surface area contributed by atoms with Gasteiger partial charge < -0.3 is 9.47 Å². The van der Waals surface area contributed by atoms with Gasteiger partial charge in [0, 0.05) is 51.1 Å². The summed E-state index contributed by atoms with van der Waals surface area (Å²) in [6.45, 7) is 1.79. The Kier molecular flexibility index (Phi) is 4.94. The van der Waals surface area contributed by atoms with Crippen molar-refractivity contribution in [3.63, 3.8) is 0 Å². The van der Waals surface area contributed by atoms with Gasteiger partial charge in [-0.3, -0.25) is 14.5 Å². The largest absolute Gasteiger partial charge is 0.336 e. The summed E-state index contributed by atoms with van der Waals surface area (Å²) in [5.74, 6) is -1.18. The summed E-state index contributed by atoms with van der Waals surface area (Å²) in [6.07, 6.45) is 1.70. The molecule has 1 aliphatic heterocycles. The average Bonchev–Trinajstić information content (AvgIpc) is 2.57. The van der Waals surface area contributed by atoms with Crippen LogP contribution in [0.5, 0.6) is 0 Å². The lowest BCUT2D eigenvalue weighted by molar-refractivity contribution is -0.136. The van der Waals surface area contributed by atoms with Crippen molar-refractivity contribution in [3.05, 3.63) is 69.6 Å². The van der Waals surface area contributed by atoms with Crippen LogP contribution in [0.1, 0.15) is 11.1 Å². The number of hydrogen-bond acceptors (Lipinski definition) is 3. The van der Waals surface area contributed by atoms with E-state index in [1.807, 2.05) is 11.0 Å². The van der Waals surface area contributed by atoms with Crippen LogP contribution in [0, 0.1) is 11.6 Å². The molecule has 1 aromatic heterocycles. The summed E-state index contributed by atoms with van der Waals surface area (Å²) >= 11 is 0. The lowest BCUT2D eigenvalue weighted by atomic mass is 10.1. The Balaban J connectivity index is 1.62. The zero-order valence-corrected chi connectivity index (χ0v) is 13.9. The van der Waals surface area contributed by atoms with E-state index in [2.05, 4.69) is 0 Å². The van der Waals surface area contributed by atoms with Gasteiger partial charge in [-0.1, -0.05) is 0 Å². The number of piperazine rings is 1. The summed E-state index contributed by atoms with van der Waals surface area (Å²) in [5.41, 5.74) is 0.929. The zero-order valence-electron chi connectivity index (χ0n) is 13.9. The van der Waals surface area contributed by atoms with Crippen molar-refractivity contribution in [3.8, 4) is 0 Å². The molecule has 0 aliphatic carbocycles. The van der Waals surface area contributed by atoms with Gasteiger partial charge >= 0.3 is 0 Å². The third-order valence-corrected chi connectivity index (χ3v) is 4.34. The fourth-order valence-corrected chi connectivity index (χ4v) is 2.88. The molecule has 0 unspecified atom stereocenters. The van der Waals surface area contributed by atoms with Gasteiger partial charge in [-0.25, -0.2) is 8.78 Å². The lowest BCUT2D eigenvalue weighted by Gasteiger charge is -2.34. The number of carbonyl (C=O) groups is 1. The molecule has 1 amide bonds. The van der Waals surface area contributed by atoms with Crippen LogP contribution in [-0.4, -0.2) is 39.9 Å². The summed E-state index contributed by atoms with van der Waals surface area (Å²) in [5, 5.41) is 0. The molecule has 2 aromatic rings. The second-order valence-electron chi connectivity index (χ2n) is 6.25. The molecule has 0 radical (unpaired) electrons. The van der Waals surface area contributed by atoms with Gasteiger partial charge in [0.25, 0.3) is 5.56 Å². The minimum Gasteiger partial charge on any atom is -0.336 e. The molecular formula is C18H19F2N3O2. The highest BCUT2D eigenvalue weighted by Crippen LogP contribution is 2.15. The predicted octanol–water partition coefficient (Wildman–Crippen LogP) is 1.51. The van der Waals surface area contributed by atoms with Crippen LogP contribution in [0.4, 0.5) is 8.78 Å². The van der Waals surface area contributed by atoms with Crippen LogP contribution < -0.4 is 5.56 Å². The van der Waals surface area contributed by atoms with Gasteiger partial charge in [0.15, 0.2) is 0 Å². The molecule has 0 saturated carbocycles. The Morgan fingerprint density at radius 3 is 2.56 bits per heavy atom. The number of benzene rings is 1. The van der Waals surface area contributed by atoms with Crippen LogP contribution in [0.3, 0.4) is 0 Å². The first-order valence-electron chi connectivity index (χ1n) is 8.02. The third kappa shape index (κ3) is 4.11. The van der Waals surface area contributed by atoms with Crippen molar-refractivity contribution in [1.82, 2.24) is 14.4 Å². The van der Waals surface area contributed by atoms with Crippen molar-refractivity contribution in [2.45, 2.75) is 13.1 Å². The maximum absolute atomic E-state index is 13.7. The van der Waals surface area contributed by atoms with E-state index in [-0.39, 0.29) is 30.1 Å². The molecule has 0 spiro atoms. The van der Waals surface area contributed by atoms with Gasteiger partial charge in [-0.15, -0.1) is 0 Å². The van der Waals surface area contributed by atoms with E-state index in [0.29, 0.717) is 19.6 Å². The normalized spacial score (nSPS) is 15.6. The second-order valence-corrected chi connectivity index (χ2v) is 6.25. The first kappa shape index (κ1) is 17.3. The quantitative estimate of drug-likeness (QED) is 0.842. The van der Waals surface area contributed by atoms with Crippen molar-refractivity contribution in [2.75, 3.05) is 19.6 Å². The van der Waals surface area contributed by atoms with E-state index in [4.69, 9.17) is 0 Å². The summed E-state index contributed by atoms with van der Waals surface area (Å²) < 4.78 is 28.5. The third-order valence-electron chi connectivity index (χ3n) is 4.34. The lowest BCUT2D eigenvalue weighted by Crippen LogP contribution is -2.49. The fourth-order valence-electron chi connectivity index (χ4n) is 2.88. The SMILES string of the molecule is Cn1ccc(CN2CCN(Cc3cc(F)ccc3F)C(=O)C2)cc1=O. The minimum absolute atomic E-state index is 0.0577. The smallest absolute Gasteiger partial charge is 0.250 e. The van der Waals surface area contributed by atoms with Crippen LogP contribution in [0.2, 0.25) is 0 Å². The van der Waals surface area contributed by atoms with E-state index in [1.165, 1.54) is 9.47 Å². The molecule has 132 valence electrons. The number of carbonyl (C=O) groups excluding carboxylic acids is 1. The van der Waals surface area contributed by atoms with E-state index >= 15 is 0 Å². The van der Waals surface area contributed by atoms with E-state index in [9.17, 15) is 18.4 Å². The van der Waals surface area contributed by atoms with Crippen molar-refractivity contribution >= 4 is 5.91 Å². The minimum atomic E-state index is -0.520. The summed E-state index contributed by atoms with van der Waals surface area (Å²) in [4.78, 5) is 27.4. The highest BCUT2D eigenvalue weighted by molar-refractivity contribution is 5.79. The predicted molar refractivity (Wildman–Crippen MR) is 88.7 cm³/mol. The first-order valence-corrected chi connectivity index (χ1v) is 8.02. The Morgan fingerprint density at radius 1 is 1.04 bits per heavy atom. The molecule has 1 aromatic carbocycles. The first-order chi connectivity index (χ1) is 11.9. The number of amides is 1. The summed E-state index contributed by atoms with van der Waals surface area (Å²) in [6, 6.07) is 6.65. The van der Waals surface area contributed by atoms with Gasteiger partial charge in [-0.05, 0) is 29.8 Å². The topological polar surface area (TPSA) is 45.5 Å². The zero-order chi connectivity index (χ0) is 18.0. The molecule has 7 heteroatoms. The van der Waals surface area contributed by atoms with Crippen LogP contribution in [0.25, 0.3) is 0 Å². The molecular weight excluding hydrogens is 328 g/mol. The van der Waals surface area contributed by atoms with Gasteiger partial charge in [-0.2, -0.15) is 0 Å². The molecule has 0 bridgehead atoms. The van der Waals surface area contributed by atoms with Crippen molar-refractivity contribution in [2.24, 2.45) is 7.05 Å². The van der Waals surface area contributed by atoms with Gasteiger partial charge in [0.05, 0.1) is 6.54 Å². The molecule has 5 nitrogen and oxygen atoms in total. The molecule has 1 aliphatic rings. The molecule has 0 atom stereocenters. The molecule has 1 saturated heterocycles. The Morgan fingerprint density at radius 2 is 1.84 bits per heavy atom. The summed E-state index contributed by atoms with van der Waals surface area (Å²) in [7, 11) is 1.68. The standard InChI is InChI=1S/C18H19F2N3O2/c1-21-5-4-13(8-17(21)24)10-22-6-7-23(18(25)12-22)11-14-9-15(19)2-3-16(14)20/h2-5,8-9H,6-7,10-12H2,1H3. The Hall–Kier alpha value is -2.54. The highest BCUT2D eigenvalue weighted by Gasteiger charge is 2.24. The maximum Gasteiger partial charge on any atom is 0.250 e. The van der Waals surface area contributed by atoms with E-state index in [0.717, 1.165) is 23.8 Å². The maximum atomic E-state index is 13.7. The molecule has 25 heavy (non-hydrogen) atoms. The number of halogens is 2. The van der Waals surface area contributed by atoms with E-state index < -0.39 is 11.6 Å². The number of aryl methyl sites for hydroxylation is 1. The molecule has 1 fully saturated rings. The van der Waals surface area contributed by atoms with E-state index in [1.54, 1.807) is 19.3 Å². The Bertz CT molecular complexity index is 850. The number of pyridine rings is 1. The highest BCUT2D eigenvalue weighted by atomic mass is 19.1. The fraction of sp³-hybridized carbons (Fsp3) is 0.333. The van der Waals surface area contributed by atoms with Crippen LogP contribution >= 0.6 is 0 Å². The van der Waals surface area contributed by atoms with Gasteiger partial charge in [0.2, 0.25) is 5.91 Å². The van der Waals surface area contributed by atoms with Gasteiger partial charge in [0.1, 0.15) is 11.6 Å². The van der Waals surface area contributed by atoms with Crippen LogP contribution in [-0.2, 0) is 24.9 Å². The molecule has 2 heterocycles. The number of rotatable bonds is 4. The number of hydrogen-bond donors (Lipinski definition) is 0.